The predicted octanol–water partition coefficient (Wildman–Crippen LogP) is 3.23. The molecule has 0 unspecified atom stereocenters. The van der Waals surface area contributed by atoms with E-state index in [1.807, 2.05) is 6.07 Å². The van der Waals surface area contributed by atoms with Crippen LogP contribution in [0.3, 0.4) is 0 Å². The summed E-state index contributed by atoms with van der Waals surface area (Å²) in [5.41, 5.74) is 4.91. The zero-order valence-corrected chi connectivity index (χ0v) is 7.20. The maximum atomic E-state index is 4.57. The summed E-state index contributed by atoms with van der Waals surface area (Å²) in [6, 6.07) is 8.31. The van der Waals surface area contributed by atoms with Crippen molar-refractivity contribution < 1.29 is 1.43 Å². The van der Waals surface area contributed by atoms with Crippen LogP contribution in [-0.2, 0) is 0 Å². The molecule has 0 amide bonds. The number of hydrogen-bond acceptors (Lipinski definition) is 1. The lowest BCUT2D eigenvalue weighted by molar-refractivity contribution is 1.44. The van der Waals surface area contributed by atoms with E-state index in [9.17, 15) is 0 Å². The van der Waals surface area contributed by atoms with Gasteiger partial charge in [0.1, 0.15) is 0 Å². The minimum atomic E-state index is 0. The van der Waals surface area contributed by atoms with E-state index in [0.717, 1.165) is 12.1 Å². The van der Waals surface area contributed by atoms with Gasteiger partial charge in [-0.2, -0.15) is 0 Å². The second-order valence-corrected chi connectivity index (χ2v) is 3.29. The van der Waals surface area contributed by atoms with Crippen molar-refractivity contribution in [3.63, 3.8) is 0 Å². The first-order valence-corrected chi connectivity index (χ1v) is 4.49. The van der Waals surface area contributed by atoms with Gasteiger partial charge < -0.3 is 0 Å². The van der Waals surface area contributed by atoms with Gasteiger partial charge in [0, 0.05) is 17.6 Å². The van der Waals surface area contributed by atoms with Crippen LogP contribution in [0.1, 0.15) is 13.4 Å². The van der Waals surface area contributed by atoms with Crippen molar-refractivity contribution in [2.24, 2.45) is 4.99 Å². The molecule has 1 heteroatoms. The molecule has 0 saturated heterocycles. The summed E-state index contributed by atoms with van der Waals surface area (Å²) in [5.74, 6) is 0. The second kappa shape index (κ2) is 2.43. The number of fused-ring (bicyclic) bond motifs is 3. The summed E-state index contributed by atoms with van der Waals surface area (Å²) < 4.78 is 0. The van der Waals surface area contributed by atoms with Crippen molar-refractivity contribution in [2.75, 3.05) is 0 Å². The Kier molecular flexibility index (Phi) is 1.28. The fourth-order valence-electron chi connectivity index (χ4n) is 1.85. The minimum Gasteiger partial charge on any atom is -0.252 e. The quantitative estimate of drug-likeness (QED) is 0.564. The molecule has 3 rings (SSSR count). The molecule has 0 atom stereocenters. The molecule has 0 radical (unpaired) electrons. The normalized spacial score (nSPS) is 17.5. The molecule has 1 heterocycles. The number of nitrogens with zero attached hydrogens (tertiary/aromatic N) is 1. The largest absolute Gasteiger partial charge is 1.00 e. The zero-order chi connectivity index (χ0) is 8.67. The van der Waals surface area contributed by atoms with Crippen LogP contribution in [0, 0.1) is 0 Å². The lowest BCUT2D eigenvalue weighted by Gasteiger charge is -2.04. The summed E-state index contributed by atoms with van der Waals surface area (Å²) in [6.45, 7) is 0. The Morgan fingerprint density at radius 3 is 3.15 bits per heavy atom. The van der Waals surface area contributed by atoms with E-state index in [2.05, 4.69) is 41.4 Å². The van der Waals surface area contributed by atoms with Crippen molar-refractivity contribution >= 4 is 17.0 Å². The number of allylic oxidation sites excluding steroid dienone is 4. The molecular formula is C12H10N+. The van der Waals surface area contributed by atoms with Crippen LogP contribution in [0.5, 0.6) is 0 Å². The number of rotatable bonds is 0. The summed E-state index contributed by atoms with van der Waals surface area (Å²) in [5, 5.41) is 0. The number of aliphatic imine (C=N–C) groups is 1. The van der Waals surface area contributed by atoms with Gasteiger partial charge in [0.15, 0.2) is 0 Å². The van der Waals surface area contributed by atoms with E-state index in [0.29, 0.717) is 0 Å². The minimum absolute atomic E-state index is 0. The topological polar surface area (TPSA) is 12.4 Å². The lowest BCUT2D eigenvalue weighted by Crippen LogP contribution is -1.97. The highest BCUT2D eigenvalue weighted by Crippen LogP contribution is 2.36. The highest BCUT2D eigenvalue weighted by molar-refractivity contribution is 6.30. The molecule has 62 valence electrons. The van der Waals surface area contributed by atoms with Gasteiger partial charge in [-0.25, -0.2) is 0 Å². The van der Waals surface area contributed by atoms with E-state index in [-0.39, 0.29) is 1.43 Å². The van der Waals surface area contributed by atoms with E-state index >= 15 is 0 Å². The number of para-hydroxylation sites is 1. The smallest absolute Gasteiger partial charge is 0.252 e. The molecule has 0 spiro atoms. The summed E-state index contributed by atoms with van der Waals surface area (Å²) in [6.07, 6.45) is 7.37. The molecule has 1 aromatic carbocycles. The highest BCUT2D eigenvalue weighted by atomic mass is 14.8. The van der Waals surface area contributed by atoms with Gasteiger partial charge >= 0.3 is 1.43 Å². The third-order valence-corrected chi connectivity index (χ3v) is 2.47. The van der Waals surface area contributed by atoms with Crippen LogP contribution < -0.4 is 0 Å². The standard InChI is InChI=1S/C12H9N/c1-3-7-11-9(5-1)10-6-2-4-8-12(10)13-11/h1-7H,8H2/p+1. The van der Waals surface area contributed by atoms with Gasteiger partial charge in [-0.15, -0.1) is 0 Å². The summed E-state index contributed by atoms with van der Waals surface area (Å²) >= 11 is 0. The van der Waals surface area contributed by atoms with Gasteiger partial charge in [0.05, 0.1) is 11.4 Å². The number of benzene rings is 1. The Bertz CT molecular complexity index is 455. The third kappa shape index (κ3) is 0.903. The molecule has 1 aromatic rings. The van der Waals surface area contributed by atoms with Crippen LogP contribution >= 0.6 is 0 Å². The van der Waals surface area contributed by atoms with Crippen LogP contribution in [0.4, 0.5) is 5.69 Å². The van der Waals surface area contributed by atoms with Gasteiger partial charge in [-0.05, 0) is 6.07 Å². The molecule has 0 bridgehead atoms. The third-order valence-electron chi connectivity index (χ3n) is 2.47. The molecule has 0 aromatic heterocycles. The Labute approximate surface area is 78.6 Å². The van der Waals surface area contributed by atoms with Crippen LogP contribution in [0.15, 0.2) is 47.5 Å². The predicted molar refractivity (Wildman–Crippen MR) is 56.4 cm³/mol. The van der Waals surface area contributed by atoms with Crippen molar-refractivity contribution in [1.29, 1.82) is 0 Å². The summed E-state index contributed by atoms with van der Waals surface area (Å²) in [4.78, 5) is 4.57. The summed E-state index contributed by atoms with van der Waals surface area (Å²) in [7, 11) is 0. The maximum absolute atomic E-state index is 4.57. The molecule has 1 aliphatic carbocycles. The molecular weight excluding hydrogens is 158 g/mol. The van der Waals surface area contributed by atoms with Crippen molar-refractivity contribution in [3.8, 4) is 0 Å². The van der Waals surface area contributed by atoms with Gasteiger partial charge in [0.25, 0.3) is 0 Å². The van der Waals surface area contributed by atoms with E-state index in [1.54, 1.807) is 0 Å². The zero-order valence-electron chi connectivity index (χ0n) is 8.20. The van der Waals surface area contributed by atoms with Crippen molar-refractivity contribution in [1.82, 2.24) is 0 Å². The number of hydrogen-bond donors (Lipinski definition) is 0. The maximum Gasteiger partial charge on any atom is 1.00 e. The van der Waals surface area contributed by atoms with Crippen molar-refractivity contribution in [2.45, 2.75) is 6.42 Å². The SMILES string of the molecule is C1=CCC2=Nc3ccccc3C2=C1.[H+]. The Balaban J connectivity index is 0.000000750. The highest BCUT2D eigenvalue weighted by Gasteiger charge is 2.19. The average Bonchev–Trinajstić information content (AvgIpc) is 2.56. The van der Waals surface area contributed by atoms with Gasteiger partial charge in [-0.1, -0.05) is 36.4 Å². The van der Waals surface area contributed by atoms with Crippen molar-refractivity contribution in [3.05, 3.63) is 48.1 Å². The molecule has 0 saturated carbocycles. The lowest BCUT2D eigenvalue weighted by atomic mass is 9.98. The fraction of sp³-hybridized carbons (Fsp3) is 0.0833. The van der Waals surface area contributed by atoms with Gasteiger partial charge in [0.2, 0.25) is 0 Å². The molecule has 0 N–H and O–H groups in total. The van der Waals surface area contributed by atoms with Crippen LogP contribution in [-0.4, -0.2) is 5.71 Å². The fourth-order valence-corrected chi connectivity index (χ4v) is 1.85. The first kappa shape index (κ1) is 6.84. The van der Waals surface area contributed by atoms with E-state index in [4.69, 9.17) is 0 Å². The Morgan fingerprint density at radius 2 is 2.15 bits per heavy atom. The first-order chi connectivity index (χ1) is 6.45. The molecule has 2 aliphatic rings. The van der Waals surface area contributed by atoms with Crippen LogP contribution in [0.25, 0.3) is 5.57 Å². The molecule has 13 heavy (non-hydrogen) atoms. The molecule has 1 aliphatic heterocycles. The first-order valence-electron chi connectivity index (χ1n) is 4.49. The van der Waals surface area contributed by atoms with Crippen LogP contribution in [0.2, 0.25) is 0 Å². The van der Waals surface area contributed by atoms with E-state index < -0.39 is 0 Å². The Morgan fingerprint density at radius 1 is 1.23 bits per heavy atom. The second-order valence-electron chi connectivity index (χ2n) is 3.29. The Hall–Kier alpha value is -1.63. The van der Waals surface area contributed by atoms with E-state index in [1.165, 1.54) is 16.8 Å². The molecule has 1 nitrogen and oxygen atoms in total. The monoisotopic (exact) mass is 168 g/mol. The van der Waals surface area contributed by atoms with Gasteiger partial charge in [-0.3, -0.25) is 4.99 Å². The average molecular weight is 168 g/mol. The molecule has 0 fully saturated rings.